The average Bonchev–Trinajstić information content (AvgIpc) is 3.96. The van der Waals surface area contributed by atoms with Gasteiger partial charge in [0.1, 0.15) is 0 Å². The van der Waals surface area contributed by atoms with Crippen LogP contribution in [0.5, 0.6) is 0 Å². The van der Waals surface area contributed by atoms with E-state index in [2.05, 4.69) is 0 Å². The highest BCUT2D eigenvalue weighted by atomic mass is 32.1. The molecule has 0 amide bonds. The lowest BCUT2D eigenvalue weighted by molar-refractivity contribution is 1.08. The zero-order valence-corrected chi connectivity index (χ0v) is 29.9. The molecule has 0 atom stereocenters. The van der Waals surface area contributed by atoms with Crippen molar-refractivity contribution in [3.05, 3.63) is 194 Å². The highest BCUT2D eigenvalue weighted by Gasteiger charge is 2.19. The summed E-state index contributed by atoms with van der Waals surface area (Å²) in [5, 5.41) is -0.0871. The van der Waals surface area contributed by atoms with Crippen LogP contribution in [0, 0.1) is 0 Å². The van der Waals surface area contributed by atoms with Gasteiger partial charge in [-0.15, -0.1) is 11.3 Å². The van der Waals surface area contributed by atoms with Crippen LogP contribution in [-0.2, 0) is 0 Å². The third-order valence-corrected chi connectivity index (χ3v) is 10.6. The van der Waals surface area contributed by atoms with Crippen LogP contribution in [0.3, 0.4) is 0 Å². The Morgan fingerprint density at radius 3 is 1.82 bits per heavy atom. The van der Waals surface area contributed by atoms with Crippen LogP contribution in [0.25, 0.3) is 104 Å². The standard InChI is InChI=1S/C51H32N4S/c1-3-14-33(15-4-1)34-16-11-17-35(30-34)36-18-12-19-37(31-36)49-52-50(54-51(53-49)43-24-13-27-47-48(43)42-23-8-10-26-46(42)56-47)38-28-29-41-40-22-7-9-25-44(40)55(45(41)32-38)39-20-5-2-6-21-39/h1-32H/i7D,8D,9D,10D,13D,22D,23D,24D,25D,26D,27D,28D,29D,32D. The molecule has 262 valence electrons. The number of benzene rings is 8. The summed E-state index contributed by atoms with van der Waals surface area (Å²) >= 11 is 0.880. The van der Waals surface area contributed by atoms with Crippen molar-refractivity contribution in [1.29, 1.82) is 0 Å². The number of nitrogens with zero attached hydrogens (tertiary/aromatic N) is 4. The maximum absolute atomic E-state index is 9.97. The van der Waals surface area contributed by atoms with Gasteiger partial charge in [0, 0.05) is 53.3 Å². The van der Waals surface area contributed by atoms with E-state index >= 15 is 0 Å². The van der Waals surface area contributed by atoms with Crippen molar-refractivity contribution >= 4 is 53.3 Å². The van der Waals surface area contributed by atoms with Crippen molar-refractivity contribution in [2.45, 2.75) is 0 Å². The first-order valence-corrected chi connectivity index (χ1v) is 18.5. The normalized spacial score (nSPS) is 15.1. The molecule has 8 aromatic carbocycles. The van der Waals surface area contributed by atoms with Crippen molar-refractivity contribution < 1.29 is 19.2 Å². The SMILES string of the molecule is [2H]c1c([2H])c([2H])c2c(sc3c([2H])c([2H])c([2H])c(-c4nc(-c5cccc(-c6cccc(-c7ccccc7)c6)c5)nc(-c5c([2H])c([2H])c6c7c([2H])c([2H])c([2H])c([2H])c7n(-c7ccccc7)c6c5[2H])n4)c32)c1[2H]. The van der Waals surface area contributed by atoms with E-state index in [4.69, 9.17) is 28.7 Å². The quantitative estimate of drug-likeness (QED) is 0.170. The van der Waals surface area contributed by atoms with Gasteiger partial charge >= 0.3 is 0 Å². The van der Waals surface area contributed by atoms with Crippen LogP contribution in [0.1, 0.15) is 19.2 Å². The van der Waals surface area contributed by atoms with Crippen molar-refractivity contribution in [2.75, 3.05) is 0 Å². The van der Waals surface area contributed by atoms with E-state index in [1.54, 1.807) is 42.5 Å². The molecule has 0 saturated carbocycles. The van der Waals surface area contributed by atoms with Gasteiger partial charge in [-0.1, -0.05) is 145 Å². The molecule has 0 saturated heterocycles. The van der Waals surface area contributed by atoms with Gasteiger partial charge in [-0.2, -0.15) is 0 Å². The second-order valence-electron chi connectivity index (χ2n) is 13.0. The van der Waals surface area contributed by atoms with Crippen LogP contribution in [0.4, 0.5) is 0 Å². The van der Waals surface area contributed by atoms with E-state index in [9.17, 15) is 5.48 Å². The summed E-state index contributed by atoms with van der Waals surface area (Å²) in [5.41, 5.74) is 3.95. The number of aromatic nitrogens is 4. The predicted octanol–water partition coefficient (Wildman–Crippen LogP) is 13.7. The number of fused-ring (bicyclic) bond motifs is 6. The molecule has 5 heteroatoms. The Labute approximate surface area is 347 Å². The van der Waals surface area contributed by atoms with Gasteiger partial charge in [0.15, 0.2) is 17.5 Å². The van der Waals surface area contributed by atoms with Gasteiger partial charge in [-0.3, -0.25) is 0 Å². The molecule has 0 N–H and O–H groups in total. The van der Waals surface area contributed by atoms with E-state index in [1.807, 2.05) is 66.7 Å². The molecule has 0 aliphatic carbocycles. The second kappa shape index (κ2) is 13.3. The Bertz CT molecular complexity index is 4070. The third kappa shape index (κ3) is 5.48. The maximum atomic E-state index is 9.97. The Morgan fingerprint density at radius 1 is 0.429 bits per heavy atom. The molecule has 0 fully saturated rings. The minimum Gasteiger partial charge on any atom is -0.309 e. The zero-order chi connectivity index (χ0) is 49.2. The van der Waals surface area contributed by atoms with Gasteiger partial charge in [-0.05, 0) is 70.7 Å². The summed E-state index contributed by atoms with van der Waals surface area (Å²) in [6.07, 6.45) is 0. The number of thiophene rings is 1. The third-order valence-electron chi connectivity index (χ3n) is 9.63. The van der Waals surface area contributed by atoms with E-state index in [0.717, 1.165) is 33.6 Å². The Morgan fingerprint density at radius 2 is 1.02 bits per heavy atom. The number of rotatable bonds is 6. The molecule has 11 rings (SSSR count). The summed E-state index contributed by atoms with van der Waals surface area (Å²) in [6.45, 7) is 0. The summed E-state index contributed by atoms with van der Waals surface area (Å²) in [6, 6.07) is 27.0. The number of hydrogen-bond donors (Lipinski definition) is 0. The molecule has 4 nitrogen and oxygen atoms in total. The van der Waals surface area contributed by atoms with Crippen molar-refractivity contribution in [3.63, 3.8) is 0 Å². The summed E-state index contributed by atoms with van der Waals surface area (Å²) in [7, 11) is 0. The van der Waals surface area contributed by atoms with Gasteiger partial charge in [0.25, 0.3) is 0 Å². The number of para-hydroxylation sites is 2. The first kappa shape index (κ1) is 21.0. The lowest BCUT2D eigenvalue weighted by atomic mass is 9.98. The van der Waals surface area contributed by atoms with Gasteiger partial charge < -0.3 is 4.57 Å². The second-order valence-corrected chi connectivity index (χ2v) is 14.0. The fourth-order valence-electron chi connectivity index (χ4n) is 7.06. The zero-order valence-electron chi connectivity index (χ0n) is 43.1. The molecule has 11 aromatic rings. The van der Waals surface area contributed by atoms with Gasteiger partial charge in [0.2, 0.25) is 0 Å². The first-order valence-electron chi connectivity index (χ1n) is 24.6. The molecule has 0 aliphatic rings. The van der Waals surface area contributed by atoms with Crippen LogP contribution in [0.15, 0.2) is 194 Å². The first-order chi connectivity index (χ1) is 33.6. The summed E-state index contributed by atoms with van der Waals surface area (Å²) in [5.74, 6) is -0.618. The Balaban J connectivity index is 1.26. The molecule has 56 heavy (non-hydrogen) atoms. The molecular weight excluding hydrogens is 701 g/mol. The van der Waals surface area contributed by atoms with E-state index in [-0.39, 0.29) is 82.7 Å². The molecule has 0 radical (unpaired) electrons. The van der Waals surface area contributed by atoms with Crippen LogP contribution >= 0.6 is 11.3 Å². The van der Waals surface area contributed by atoms with E-state index in [0.29, 0.717) is 11.3 Å². The predicted molar refractivity (Wildman–Crippen MR) is 234 cm³/mol. The summed E-state index contributed by atoms with van der Waals surface area (Å²) in [4.78, 5) is 14.6. The maximum Gasteiger partial charge on any atom is 0.164 e. The van der Waals surface area contributed by atoms with Crippen LogP contribution in [-0.4, -0.2) is 19.5 Å². The van der Waals surface area contributed by atoms with Gasteiger partial charge in [0.05, 0.1) is 30.2 Å². The minimum atomic E-state index is -0.555. The van der Waals surface area contributed by atoms with Crippen LogP contribution in [0.2, 0.25) is 0 Å². The molecule has 0 bridgehead atoms. The lowest BCUT2D eigenvalue weighted by Gasteiger charge is -2.12. The van der Waals surface area contributed by atoms with E-state index in [1.165, 1.54) is 4.57 Å². The fourth-order valence-corrected chi connectivity index (χ4v) is 8.03. The Hall–Kier alpha value is -7.21. The highest BCUT2D eigenvalue weighted by molar-refractivity contribution is 7.25. The van der Waals surface area contributed by atoms with Crippen LogP contribution < -0.4 is 0 Å². The molecular formula is C51H32N4S. The molecule has 3 heterocycles. The monoisotopic (exact) mass is 746 g/mol. The fraction of sp³-hybridized carbons (Fsp3) is 0. The average molecular weight is 747 g/mol. The molecule has 3 aromatic heterocycles. The van der Waals surface area contributed by atoms with Crippen molar-refractivity contribution in [1.82, 2.24) is 19.5 Å². The largest absolute Gasteiger partial charge is 0.309 e. The molecule has 0 spiro atoms. The lowest BCUT2D eigenvalue weighted by Crippen LogP contribution is -2.01. The van der Waals surface area contributed by atoms with E-state index < -0.39 is 72.5 Å². The molecule has 0 unspecified atom stereocenters. The molecule has 0 aliphatic heterocycles. The topological polar surface area (TPSA) is 43.6 Å². The minimum absolute atomic E-state index is 0.00340. The van der Waals surface area contributed by atoms with Gasteiger partial charge in [-0.25, -0.2) is 15.0 Å². The van der Waals surface area contributed by atoms with Crippen molar-refractivity contribution in [3.8, 4) is 62.1 Å². The number of hydrogen-bond acceptors (Lipinski definition) is 4. The van der Waals surface area contributed by atoms with Crippen molar-refractivity contribution in [2.24, 2.45) is 0 Å². The summed E-state index contributed by atoms with van der Waals surface area (Å²) < 4.78 is 128. The Kier molecular flexibility index (Phi) is 4.98. The smallest absolute Gasteiger partial charge is 0.164 e. The highest BCUT2D eigenvalue weighted by Crippen LogP contribution is 2.40.